The zero-order valence-corrected chi connectivity index (χ0v) is 10.3. The van der Waals surface area contributed by atoms with Crippen LogP contribution in [0.1, 0.15) is 13.3 Å². The fraction of sp³-hybridized carbons (Fsp3) is 0.462. The molecule has 0 spiro atoms. The standard InChI is InChI=1S/C13H17N3O2/c1-8(9-4-5-17-7-9)15-13-16-11-6-10(14)2-3-12(11)18-13/h2-3,6,8-9H,4-5,7,14H2,1H3,(H,15,16). The van der Waals surface area contributed by atoms with E-state index in [1.54, 1.807) is 0 Å². The van der Waals surface area contributed by atoms with Gasteiger partial charge in [0, 0.05) is 24.3 Å². The van der Waals surface area contributed by atoms with Crippen LogP contribution in [0, 0.1) is 5.92 Å². The minimum Gasteiger partial charge on any atom is -0.424 e. The molecule has 1 aromatic carbocycles. The number of benzene rings is 1. The second kappa shape index (κ2) is 4.49. The van der Waals surface area contributed by atoms with Gasteiger partial charge in [-0.15, -0.1) is 0 Å². The molecule has 1 aliphatic heterocycles. The molecule has 2 atom stereocenters. The number of hydrogen-bond acceptors (Lipinski definition) is 5. The number of nitrogen functional groups attached to an aromatic ring is 1. The summed E-state index contributed by atoms with van der Waals surface area (Å²) in [5, 5.41) is 3.29. The lowest BCUT2D eigenvalue weighted by atomic mass is 10.0. The van der Waals surface area contributed by atoms with Crippen LogP contribution in [0.4, 0.5) is 11.7 Å². The SMILES string of the molecule is CC(Nc1nc2cc(N)ccc2o1)C1CCOC1. The first-order valence-corrected chi connectivity index (χ1v) is 6.23. The van der Waals surface area contributed by atoms with Crippen molar-refractivity contribution in [1.82, 2.24) is 4.98 Å². The van der Waals surface area contributed by atoms with Crippen molar-refractivity contribution in [2.24, 2.45) is 5.92 Å². The van der Waals surface area contributed by atoms with Gasteiger partial charge >= 0.3 is 0 Å². The van der Waals surface area contributed by atoms with Gasteiger partial charge in [-0.1, -0.05) is 0 Å². The molecule has 3 rings (SSSR count). The van der Waals surface area contributed by atoms with Gasteiger partial charge in [0.15, 0.2) is 5.58 Å². The van der Waals surface area contributed by atoms with E-state index in [2.05, 4.69) is 17.2 Å². The van der Waals surface area contributed by atoms with Gasteiger partial charge in [0.25, 0.3) is 6.01 Å². The van der Waals surface area contributed by atoms with Crippen LogP contribution in [-0.4, -0.2) is 24.2 Å². The Morgan fingerprint density at radius 3 is 3.17 bits per heavy atom. The third-order valence-corrected chi connectivity index (χ3v) is 3.43. The van der Waals surface area contributed by atoms with Gasteiger partial charge in [0.2, 0.25) is 0 Å². The number of ether oxygens (including phenoxy) is 1. The van der Waals surface area contributed by atoms with Crippen LogP contribution in [0.5, 0.6) is 0 Å². The highest BCUT2D eigenvalue weighted by atomic mass is 16.5. The minimum atomic E-state index is 0.290. The average Bonchev–Trinajstić information content (AvgIpc) is 2.95. The van der Waals surface area contributed by atoms with E-state index in [0.29, 0.717) is 17.6 Å². The molecule has 0 bridgehead atoms. The summed E-state index contributed by atoms with van der Waals surface area (Å²) in [6, 6.07) is 6.30. The Hall–Kier alpha value is -1.75. The zero-order valence-electron chi connectivity index (χ0n) is 10.3. The number of anilines is 2. The van der Waals surface area contributed by atoms with E-state index in [-0.39, 0.29) is 6.04 Å². The quantitative estimate of drug-likeness (QED) is 0.814. The summed E-state index contributed by atoms with van der Waals surface area (Å²) in [4.78, 5) is 4.39. The van der Waals surface area contributed by atoms with Gasteiger partial charge in [0.1, 0.15) is 5.52 Å². The molecule has 2 heterocycles. The molecular formula is C13H17N3O2. The van der Waals surface area contributed by atoms with Crippen molar-refractivity contribution in [3.8, 4) is 0 Å². The van der Waals surface area contributed by atoms with Gasteiger partial charge in [-0.05, 0) is 31.5 Å². The van der Waals surface area contributed by atoms with Gasteiger partial charge in [-0.2, -0.15) is 4.98 Å². The number of rotatable bonds is 3. The van der Waals surface area contributed by atoms with Crippen LogP contribution >= 0.6 is 0 Å². The molecule has 0 saturated carbocycles. The highest BCUT2D eigenvalue weighted by Gasteiger charge is 2.23. The smallest absolute Gasteiger partial charge is 0.295 e. The maximum Gasteiger partial charge on any atom is 0.295 e. The highest BCUT2D eigenvalue weighted by molar-refractivity contribution is 5.78. The van der Waals surface area contributed by atoms with Crippen molar-refractivity contribution >= 4 is 22.8 Å². The lowest BCUT2D eigenvalue weighted by molar-refractivity contribution is 0.183. The molecule has 5 nitrogen and oxygen atoms in total. The van der Waals surface area contributed by atoms with Gasteiger partial charge < -0.3 is 20.2 Å². The Labute approximate surface area is 105 Å². The predicted molar refractivity (Wildman–Crippen MR) is 70.4 cm³/mol. The predicted octanol–water partition coefficient (Wildman–Crippen LogP) is 2.25. The van der Waals surface area contributed by atoms with E-state index in [9.17, 15) is 0 Å². The fourth-order valence-electron chi connectivity index (χ4n) is 2.27. The average molecular weight is 247 g/mol. The molecule has 0 radical (unpaired) electrons. The summed E-state index contributed by atoms with van der Waals surface area (Å²) >= 11 is 0. The first-order valence-electron chi connectivity index (χ1n) is 6.23. The van der Waals surface area contributed by atoms with E-state index in [1.165, 1.54) is 0 Å². The maximum atomic E-state index is 5.72. The van der Waals surface area contributed by atoms with Crippen LogP contribution in [-0.2, 0) is 4.74 Å². The van der Waals surface area contributed by atoms with Gasteiger partial charge in [-0.25, -0.2) is 0 Å². The topological polar surface area (TPSA) is 73.3 Å². The van der Waals surface area contributed by atoms with Gasteiger partial charge in [-0.3, -0.25) is 0 Å². The van der Waals surface area contributed by atoms with Crippen molar-refractivity contribution in [3.63, 3.8) is 0 Å². The summed E-state index contributed by atoms with van der Waals surface area (Å²) in [6.45, 7) is 3.78. The third-order valence-electron chi connectivity index (χ3n) is 3.43. The molecular weight excluding hydrogens is 230 g/mol. The second-order valence-electron chi connectivity index (χ2n) is 4.80. The van der Waals surface area contributed by atoms with Crippen LogP contribution in [0.2, 0.25) is 0 Å². The number of hydrogen-bond donors (Lipinski definition) is 2. The molecule has 1 saturated heterocycles. The Bertz CT molecular complexity index is 546. The van der Waals surface area contributed by atoms with E-state index in [4.69, 9.17) is 14.9 Å². The normalized spacial score (nSPS) is 21.3. The summed E-state index contributed by atoms with van der Waals surface area (Å²) in [6.07, 6.45) is 1.08. The number of nitrogens with two attached hydrogens (primary N) is 1. The number of nitrogens with zero attached hydrogens (tertiary/aromatic N) is 1. The molecule has 0 aliphatic carbocycles. The molecule has 2 aromatic rings. The second-order valence-corrected chi connectivity index (χ2v) is 4.80. The summed E-state index contributed by atoms with van der Waals surface area (Å²) in [7, 11) is 0. The molecule has 2 unspecified atom stereocenters. The molecule has 96 valence electrons. The first-order chi connectivity index (χ1) is 8.72. The maximum absolute atomic E-state index is 5.72. The van der Waals surface area contributed by atoms with Crippen molar-refractivity contribution in [1.29, 1.82) is 0 Å². The number of nitrogens with one attached hydrogen (secondary N) is 1. The van der Waals surface area contributed by atoms with E-state index >= 15 is 0 Å². The first kappa shape index (κ1) is 11.3. The Morgan fingerprint density at radius 2 is 2.39 bits per heavy atom. The molecule has 1 fully saturated rings. The Balaban J connectivity index is 1.77. The monoisotopic (exact) mass is 247 g/mol. The number of fused-ring (bicyclic) bond motifs is 1. The molecule has 1 aliphatic rings. The van der Waals surface area contributed by atoms with E-state index in [1.807, 2.05) is 18.2 Å². The summed E-state index contributed by atoms with van der Waals surface area (Å²) in [5.41, 5.74) is 7.95. The molecule has 3 N–H and O–H groups in total. The fourth-order valence-corrected chi connectivity index (χ4v) is 2.27. The number of aromatic nitrogens is 1. The molecule has 1 aromatic heterocycles. The highest BCUT2D eigenvalue weighted by Crippen LogP contribution is 2.24. The van der Waals surface area contributed by atoms with Crippen LogP contribution < -0.4 is 11.1 Å². The van der Waals surface area contributed by atoms with Crippen molar-refractivity contribution < 1.29 is 9.15 Å². The van der Waals surface area contributed by atoms with Crippen LogP contribution in [0.15, 0.2) is 22.6 Å². The Kier molecular flexibility index (Phi) is 2.83. The lowest BCUT2D eigenvalue weighted by Gasteiger charge is -2.17. The van der Waals surface area contributed by atoms with Crippen molar-refractivity contribution in [2.75, 3.05) is 24.3 Å². The van der Waals surface area contributed by atoms with Crippen LogP contribution in [0.3, 0.4) is 0 Å². The largest absolute Gasteiger partial charge is 0.424 e. The summed E-state index contributed by atoms with van der Waals surface area (Å²) < 4.78 is 11.0. The Morgan fingerprint density at radius 1 is 1.50 bits per heavy atom. The molecule has 0 amide bonds. The summed E-state index contributed by atoms with van der Waals surface area (Å²) in [5.74, 6) is 0.519. The molecule has 5 heteroatoms. The minimum absolute atomic E-state index is 0.290. The van der Waals surface area contributed by atoms with E-state index < -0.39 is 0 Å². The van der Waals surface area contributed by atoms with Gasteiger partial charge in [0.05, 0.1) is 6.61 Å². The molecule has 18 heavy (non-hydrogen) atoms. The van der Waals surface area contributed by atoms with Crippen molar-refractivity contribution in [3.05, 3.63) is 18.2 Å². The lowest BCUT2D eigenvalue weighted by Crippen LogP contribution is -2.26. The third kappa shape index (κ3) is 2.13. The van der Waals surface area contributed by atoms with Crippen molar-refractivity contribution in [2.45, 2.75) is 19.4 Å². The number of oxazole rings is 1. The van der Waals surface area contributed by atoms with Crippen LogP contribution in [0.25, 0.3) is 11.1 Å². The van der Waals surface area contributed by atoms with E-state index in [0.717, 1.165) is 30.7 Å². The zero-order chi connectivity index (χ0) is 12.5.